The van der Waals surface area contributed by atoms with Crippen molar-refractivity contribution >= 4 is 43.6 Å². The minimum Gasteiger partial charge on any atom is -0.0603 e. The Bertz CT molecular complexity index is 2010. The normalized spacial score (nSPS) is 15.1. The van der Waals surface area contributed by atoms with Gasteiger partial charge in [-0.2, -0.15) is 0 Å². The first-order valence-electron chi connectivity index (χ1n) is 12.1. The first kappa shape index (κ1) is 16.8. The van der Waals surface area contributed by atoms with Crippen LogP contribution in [-0.2, 0) is 5.91 Å². The number of hydrogen-bond donors (Lipinski definition) is 0. The van der Waals surface area contributed by atoms with Crippen LogP contribution in [0.2, 0.25) is 0 Å². The van der Waals surface area contributed by atoms with Crippen LogP contribution in [0.15, 0.2) is 109 Å². The molecule has 0 saturated heterocycles. The summed E-state index contributed by atoms with van der Waals surface area (Å²) in [5.41, 5.74) is 10.2. The molecule has 7 aromatic rings. The molecule has 0 radical (unpaired) electrons. The third kappa shape index (κ3) is 1.56. The van der Waals surface area contributed by atoms with Crippen molar-refractivity contribution in [1.29, 1.82) is 0 Å². The van der Waals surface area contributed by atoms with E-state index in [1.165, 1.54) is 66.1 Å². The van der Waals surface area contributed by atoms with Gasteiger partial charge in [0, 0.05) is 44.2 Å². The van der Waals surface area contributed by atoms with Crippen molar-refractivity contribution in [3.05, 3.63) is 109 Å². The highest BCUT2D eigenvalue weighted by molar-refractivity contribution is 6.02. The van der Waals surface area contributed by atoms with E-state index in [2.05, 4.69) is 128 Å². The average Bonchev–Trinajstić information content (AvgIpc) is 3.25. The average molecular weight is 447 g/mol. The summed E-state index contributed by atoms with van der Waals surface area (Å²) in [6.45, 7) is 0. The summed E-state index contributed by atoms with van der Waals surface area (Å²) in [4.78, 5) is 0. The first-order chi connectivity index (χ1) is 17.4. The number of rotatable bonds is 0. The first-order valence-corrected chi connectivity index (χ1v) is 12.1. The van der Waals surface area contributed by atoms with Crippen molar-refractivity contribution in [3.63, 3.8) is 0 Å². The monoisotopic (exact) mass is 446 g/mol. The summed E-state index contributed by atoms with van der Waals surface area (Å²) < 4.78 is 10.2. The molecule has 1 spiro atoms. The van der Waals surface area contributed by atoms with Gasteiger partial charge >= 0.3 is 16.9 Å². The third-order valence-electron chi connectivity index (χ3n) is 8.42. The van der Waals surface area contributed by atoms with Gasteiger partial charge in [-0.1, -0.05) is 12.1 Å². The molecular formula is C31H18N4+4. The molecule has 0 N–H and O–H groups in total. The molecule has 4 aromatic heterocycles. The van der Waals surface area contributed by atoms with Crippen LogP contribution < -0.4 is 18.3 Å². The summed E-state index contributed by atoms with van der Waals surface area (Å²) in [7, 11) is 0. The molecule has 4 nitrogen and oxygen atoms in total. The van der Waals surface area contributed by atoms with Gasteiger partial charge in [0.2, 0.25) is 22.4 Å². The van der Waals surface area contributed by atoms with Crippen LogP contribution in [0.3, 0.4) is 0 Å². The zero-order chi connectivity index (χ0) is 22.5. The number of pyridine rings is 4. The molecular weight excluding hydrogens is 428 g/mol. The maximum atomic E-state index is 2.59. The lowest BCUT2D eigenvalue weighted by Crippen LogP contribution is -2.98. The maximum absolute atomic E-state index is 2.59. The van der Waals surface area contributed by atoms with Gasteiger partial charge in [-0.3, -0.25) is 0 Å². The Morgan fingerprint density at radius 1 is 0.400 bits per heavy atom. The minimum absolute atomic E-state index is 0.630. The van der Waals surface area contributed by atoms with E-state index < -0.39 is 5.91 Å². The van der Waals surface area contributed by atoms with Crippen LogP contribution in [0.25, 0.3) is 66.1 Å². The van der Waals surface area contributed by atoms with Crippen molar-refractivity contribution in [2.75, 3.05) is 0 Å². The standard InChI is InChI=1S/C31H18N4/c1-5-19-7-3-17-32-27(19)23(9-1)25-15-13-21-11-12-22-14-16-26-24-10-2-6-20-8-4-18-33(28(20)24)31(32)34(25)29(21)30(22)35(26)31/h1-18H/q+4. The van der Waals surface area contributed by atoms with E-state index in [4.69, 9.17) is 0 Å². The van der Waals surface area contributed by atoms with Gasteiger partial charge in [-0.25, -0.2) is 0 Å². The SMILES string of the molecule is c1cc2c3c(c1)ccc[n+]3C13[n+]4cccc5cccc(c54)-c4ccc5ccc6ccc-2[n+]1c6c5[n+]43. The third-order valence-corrected chi connectivity index (χ3v) is 8.42. The molecule has 0 atom stereocenters. The van der Waals surface area contributed by atoms with Gasteiger partial charge in [0.05, 0.1) is 10.8 Å². The number of aromatic nitrogens is 4. The molecule has 3 aliphatic heterocycles. The van der Waals surface area contributed by atoms with E-state index in [0.29, 0.717) is 0 Å². The Hall–Kier alpha value is -4.70. The van der Waals surface area contributed by atoms with E-state index in [9.17, 15) is 0 Å². The molecule has 10 rings (SSSR count). The van der Waals surface area contributed by atoms with E-state index in [-0.39, 0.29) is 0 Å². The summed E-state index contributed by atoms with van der Waals surface area (Å²) >= 11 is 0. The summed E-state index contributed by atoms with van der Waals surface area (Å²) in [5, 5.41) is 5.03. The fourth-order valence-electron chi connectivity index (χ4n) is 7.23. The van der Waals surface area contributed by atoms with Crippen molar-refractivity contribution < 1.29 is 18.3 Å². The van der Waals surface area contributed by atoms with Crippen LogP contribution in [0.5, 0.6) is 0 Å². The topological polar surface area (TPSA) is 15.5 Å². The maximum Gasteiger partial charge on any atom is 0.770 e. The predicted molar refractivity (Wildman–Crippen MR) is 132 cm³/mol. The summed E-state index contributed by atoms with van der Waals surface area (Å²) in [6.07, 6.45) is 4.53. The highest BCUT2D eigenvalue weighted by Crippen LogP contribution is 2.39. The second-order valence-corrected chi connectivity index (χ2v) is 9.89. The van der Waals surface area contributed by atoms with Crippen LogP contribution in [0.4, 0.5) is 0 Å². The highest BCUT2D eigenvalue weighted by atomic mass is 15.6. The van der Waals surface area contributed by atoms with E-state index in [0.717, 1.165) is 0 Å². The zero-order valence-corrected chi connectivity index (χ0v) is 18.7. The van der Waals surface area contributed by atoms with Gasteiger partial charge in [0.15, 0.2) is 12.4 Å². The van der Waals surface area contributed by atoms with Gasteiger partial charge in [0.1, 0.15) is 11.1 Å². The molecule has 3 aromatic carbocycles. The van der Waals surface area contributed by atoms with Crippen molar-refractivity contribution in [2.24, 2.45) is 0 Å². The Labute approximate surface area is 199 Å². The predicted octanol–water partition coefficient (Wildman–Crippen LogP) is 3.94. The molecule has 0 unspecified atom stereocenters. The molecule has 0 aliphatic carbocycles. The molecule has 0 amide bonds. The van der Waals surface area contributed by atoms with Crippen molar-refractivity contribution in [2.45, 2.75) is 5.91 Å². The van der Waals surface area contributed by atoms with Crippen LogP contribution >= 0.6 is 0 Å². The minimum atomic E-state index is -0.630. The van der Waals surface area contributed by atoms with Crippen molar-refractivity contribution in [3.8, 4) is 22.5 Å². The Kier molecular flexibility index (Phi) is 2.49. The van der Waals surface area contributed by atoms with Gasteiger partial charge in [0.25, 0.3) is 0 Å². The lowest BCUT2D eigenvalue weighted by molar-refractivity contribution is -1.29. The Morgan fingerprint density at radius 3 is 1.34 bits per heavy atom. The van der Waals surface area contributed by atoms with Gasteiger partial charge in [-0.15, -0.1) is 0 Å². The smallest absolute Gasteiger partial charge is 0.0603 e. The zero-order valence-electron chi connectivity index (χ0n) is 18.7. The molecule has 3 aliphatic rings. The van der Waals surface area contributed by atoms with Crippen molar-refractivity contribution in [1.82, 2.24) is 0 Å². The Balaban J connectivity index is 1.64. The fraction of sp³-hybridized carbons (Fsp3) is 0.0323. The number of para-hydroxylation sites is 2. The lowest BCUT2D eigenvalue weighted by atomic mass is 9.99. The molecule has 35 heavy (non-hydrogen) atoms. The molecule has 7 heterocycles. The number of fused-ring (bicyclic) bond motifs is 2. The molecule has 4 heteroatoms. The number of benzene rings is 3. The number of hydrogen-bond acceptors (Lipinski definition) is 0. The summed E-state index contributed by atoms with van der Waals surface area (Å²) in [5.74, 6) is -0.630. The van der Waals surface area contributed by atoms with E-state index >= 15 is 0 Å². The Morgan fingerprint density at radius 2 is 0.829 bits per heavy atom. The summed E-state index contributed by atoms with van der Waals surface area (Å²) in [6, 6.07) is 36.0. The molecule has 0 fully saturated rings. The highest BCUT2D eigenvalue weighted by Gasteiger charge is 2.81. The largest absolute Gasteiger partial charge is 0.770 e. The van der Waals surface area contributed by atoms with Crippen LogP contribution in [0, 0.1) is 0 Å². The van der Waals surface area contributed by atoms with Crippen LogP contribution in [-0.4, -0.2) is 0 Å². The fourth-order valence-corrected chi connectivity index (χ4v) is 7.23. The molecule has 0 bridgehead atoms. The number of nitrogens with zero attached hydrogens (tertiary/aromatic N) is 4. The van der Waals surface area contributed by atoms with E-state index in [1.54, 1.807) is 0 Å². The second-order valence-electron chi connectivity index (χ2n) is 9.89. The van der Waals surface area contributed by atoms with Gasteiger partial charge in [-0.05, 0) is 69.8 Å². The second kappa shape index (κ2) is 5.18. The van der Waals surface area contributed by atoms with E-state index in [1.807, 2.05) is 0 Å². The molecule has 158 valence electrons. The van der Waals surface area contributed by atoms with Gasteiger partial charge < -0.3 is 0 Å². The van der Waals surface area contributed by atoms with Crippen LogP contribution in [0.1, 0.15) is 0 Å². The quantitative estimate of drug-likeness (QED) is 0.248. The molecule has 0 saturated carbocycles. The lowest BCUT2D eigenvalue weighted by Gasteiger charge is -2.21.